The summed E-state index contributed by atoms with van der Waals surface area (Å²) in [5, 5.41) is 3.10. The molecule has 3 nitrogen and oxygen atoms in total. The summed E-state index contributed by atoms with van der Waals surface area (Å²) in [6.45, 7) is 0.821. The average molecular weight is 229 g/mol. The molecule has 0 aromatic heterocycles. The van der Waals surface area contributed by atoms with Crippen LogP contribution in [0, 0.1) is 0 Å². The molecule has 3 heteroatoms. The molecule has 88 valence electrons. The van der Waals surface area contributed by atoms with E-state index in [1.807, 2.05) is 36.4 Å². The molecule has 2 rings (SSSR count). The van der Waals surface area contributed by atoms with Crippen molar-refractivity contribution in [2.45, 2.75) is 6.42 Å². The number of rotatable bonds is 2. The molecule has 0 fully saturated rings. The quantitative estimate of drug-likeness (QED) is 0.789. The second kappa shape index (κ2) is 5.34. The minimum absolute atomic E-state index is 0.312. The average Bonchev–Trinajstić information content (AvgIpc) is 2.64. The molecule has 1 N–H and O–H groups in total. The number of esters is 1. The molecular formula is C14H15NO2. The first kappa shape index (κ1) is 11.5. The standard InChI is InChI=1S/C14H15NO2/c1-17-14(16)13-9-12(7-8-15-10-13)11-5-3-2-4-6-11/h2-6,9-10,15H,7-8H2,1H3. The number of hydrogen-bond donors (Lipinski definition) is 1. The maximum Gasteiger partial charge on any atom is 0.339 e. The highest BCUT2D eigenvalue weighted by molar-refractivity contribution is 5.94. The number of methoxy groups -OCH3 is 1. The maximum absolute atomic E-state index is 11.5. The Morgan fingerprint density at radius 2 is 2.06 bits per heavy atom. The van der Waals surface area contributed by atoms with Crippen molar-refractivity contribution < 1.29 is 9.53 Å². The Balaban J connectivity index is 2.31. The molecule has 1 aliphatic heterocycles. The van der Waals surface area contributed by atoms with Gasteiger partial charge in [-0.05, 0) is 23.6 Å². The first-order valence-corrected chi connectivity index (χ1v) is 5.59. The molecule has 1 heterocycles. The lowest BCUT2D eigenvalue weighted by molar-refractivity contribution is -0.135. The minimum atomic E-state index is -0.312. The zero-order valence-electron chi connectivity index (χ0n) is 9.77. The van der Waals surface area contributed by atoms with Crippen LogP contribution in [-0.4, -0.2) is 19.6 Å². The van der Waals surface area contributed by atoms with Gasteiger partial charge < -0.3 is 10.1 Å². The molecule has 0 amide bonds. The Bertz CT molecular complexity index is 460. The highest BCUT2D eigenvalue weighted by Gasteiger charge is 2.12. The second-order valence-corrected chi connectivity index (χ2v) is 3.83. The normalized spacial score (nSPS) is 15.1. The van der Waals surface area contributed by atoms with Gasteiger partial charge in [0.05, 0.1) is 12.7 Å². The molecule has 1 aliphatic rings. The van der Waals surface area contributed by atoms with Gasteiger partial charge in [-0.2, -0.15) is 0 Å². The first-order chi connectivity index (χ1) is 8.31. The fourth-order valence-corrected chi connectivity index (χ4v) is 1.81. The lowest BCUT2D eigenvalue weighted by atomic mass is 10.0. The summed E-state index contributed by atoms with van der Waals surface area (Å²) >= 11 is 0. The lowest BCUT2D eigenvalue weighted by Crippen LogP contribution is -2.09. The number of benzene rings is 1. The smallest absolute Gasteiger partial charge is 0.339 e. The summed E-state index contributed by atoms with van der Waals surface area (Å²) in [4.78, 5) is 11.5. The Morgan fingerprint density at radius 1 is 1.29 bits per heavy atom. The van der Waals surface area contributed by atoms with Crippen LogP contribution in [0.15, 0.2) is 48.2 Å². The van der Waals surface area contributed by atoms with Crippen molar-refractivity contribution >= 4 is 11.5 Å². The Kier molecular flexibility index (Phi) is 3.60. The summed E-state index contributed by atoms with van der Waals surface area (Å²) in [5.74, 6) is -0.312. The van der Waals surface area contributed by atoms with E-state index in [4.69, 9.17) is 4.74 Å². The molecule has 0 saturated carbocycles. The third-order valence-corrected chi connectivity index (χ3v) is 2.69. The number of nitrogens with one attached hydrogen (secondary N) is 1. The summed E-state index contributed by atoms with van der Waals surface area (Å²) in [6, 6.07) is 10.1. The van der Waals surface area contributed by atoms with Crippen molar-refractivity contribution in [3.8, 4) is 0 Å². The van der Waals surface area contributed by atoms with Gasteiger partial charge in [0.15, 0.2) is 0 Å². The Hall–Kier alpha value is -2.03. The van der Waals surface area contributed by atoms with E-state index in [2.05, 4.69) is 5.32 Å². The number of hydrogen-bond acceptors (Lipinski definition) is 3. The minimum Gasteiger partial charge on any atom is -0.465 e. The van der Waals surface area contributed by atoms with Gasteiger partial charge in [0.1, 0.15) is 0 Å². The van der Waals surface area contributed by atoms with Crippen LogP contribution in [0.4, 0.5) is 0 Å². The Morgan fingerprint density at radius 3 is 2.76 bits per heavy atom. The van der Waals surface area contributed by atoms with Crippen molar-refractivity contribution in [1.29, 1.82) is 0 Å². The molecule has 0 spiro atoms. The van der Waals surface area contributed by atoms with E-state index in [0.29, 0.717) is 5.57 Å². The number of ether oxygens (including phenoxy) is 1. The first-order valence-electron chi connectivity index (χ1n) is 5.59. The monoisotopic (exact) mass is 229 g/mol. The molecular weight excluding hydrogens is 214 g/mol. The van der Waals surface area contributed by atoms with Crippen LogP contribution in [0.2, 0.25) is 0 Å². The maximum atomic E-state index is 11.5. The fraction of sp³-hybridized carbons (Fsp3) is 0.214. The van der Waals surface area contributed by atoms with Gasteiger partial charge >= 0.3 is 5.97 Å². The summed E-state index contributed by atoms with van der Waals surface area (Å²) in [6.07, 6.45) is 4.49. The topological polar surface area (TPSA) is 38.3 Å². The van der Waals surface area contributed by atoms with E-state index < -0.39 is 0 Å². The lowest BCUT2D eigenvalue weighted by Gasteiger charge is -2.05. The van der Waals surface area contributed by atoms with Crippen LogP contribution in [0.1, 0.15) is 12.0 Å². The van der Waals surface area contributed by atoms with Crippen molar-refractivity contribution in [2.24, 2.45) is 0 Å². The van der Waals surface area contributed by atoms with E-state index in [9.17, 15) is 4.79 Å². The summed E-state index contributed by atoms with van der Waals surface area (Å²) in [5.41, 5.74) is 2.85. The van der Waals surface area contributed by atoms with E-state index in [1.54, 1.807) is 6.20 Å². The molecule has 1 aromatic rings. The third-order valence-electron chi connectivity index (χ3n) is 2.69. The number of carbonyl (C=O) groups is 1. The van der Waals surface area contributed by atoms with Crippen molar-refractivity contribution in [3.63, 3.8) is 0 Å². The third kappa shape index (κ3) is 2.75. The van der Waals surface area contributed by atoms with Crippen molar-refractivity contribution in [3.05, 3.63) is 53.7 Å². The van der Waals surface area contributed by atoms with Gasteiger partial charge in [0, 0.05) is 12.7 Å². The molecule has 0 saturated heterocycles. The van der Waals surface area contributed by atoms with Gasteiger partial charge in [-0.25, -0.2) is 4.79 Å². The van der Waals surface area contributed by atoms with Gasteiger partial charge in [-0.3, -0.25) is 0 Å². The van der Waals surface area contributed by atoms with Gasteiger partial charge in [0.2, 0.25) is 0 Å². The van der Waals surface area contributed by atoms with E-state index in [-0.39, 0.29) is 5.97 Å². The van der Waals surface area contributed by atoms with Crippen LogP contribution in [0.3, 0.4) is 0 Å². The Labute approximate surface area is 101 Å². The van der Waals surface area contributed by atoms with Crippen LogP contribution < -0.4 is 5.32 Å². The van der Waals surface area contributed by atoms with Gasteiger partial charge in [0.25, 0.3) is 0 Å². The molecule has 0 radical (unpaired) electrons. The van der Waals surface area contributed by atoms with Crippen LogP contribution in [0.5, 0.6) is 0 Å². The molecule has 17 heavy (non-hydrogen) atoms. The van der Waals surface area contributed by atoms with E-state index >= 15 is 0 Å². The highest BCUT2D eigenvalue weighted by Crippen LogP contribution is 2.21. The highest BCUT2D eigenvalue weighted by atomic mass is 16.5. The zero-order valence-corrected chi connectivity index (χ0v) is 9.77. The predicted molar refractivity (Wildman–Crippen MR) is 67.1 cm³/mol. The molecule has 0 atom stereocenters. The zero-order chi connectivity index (χ0) is 12.1. The molecule has 0 aliphatic carbocycles. The van der Waals surface area contributed by atoms with Crippen LogP contribution in [-0.2, 0) is 9.53 Å². The second-order valence-electron chi connectivity index (χ2n) is 3.83. The fourth-order valence-electron chi connectivity index (χ4n) is 1.81. The number of carbonyl (C=O) groups excluding carboxylic acids is 1. The molecule has 0 bridgehead atoms. The molecule has 1 aromatic carbocycles. The van der Waals surface area contributed by atoms with Gasteiger partial charge in [-0.15, -0.1) is 0 Å². The predicted octanol–water partition coefficient (Wildman–Crippen LogP) is 2.12. The van der Waals surface area contributed by atoms with Crippen LogP contribution in [0.25, 0.3) is 5.57 Å². The van der Waals surface area contributed by atoms with E-state index in [1.165, 1.54) is 7.11 Å². The summed E-state index contributed by atoms with van der Waals surface area (Å²) in [7, 11) is 1.39. The largest absolute Gasteiger partial charge is 0.465 e. The van der Waals surface area contributed by atoms with Gasteiger partial charge in [-0.1, -0.05) is 30.3 Å². The summed E-state index contributed by atoms with van der Waals surface area (Å²) < 4.78 is 4.74. The SMILES string of the molecule is COC(=O)C1=CNCCC(c2ccccc2)=C1. The van der Waals surface area contributed by atoms with Crippen LogP contribution >= 0.6 is 0 Å². The van der Waals surface area contributed by atoms with Crippen molar-refractivity contribution in [2.75, 3.05) is 13.7 Å². The van der Waals surface area contributed by atoms with Crippen molar-refractivity contribution in [1.82, 2.24) is 5.32 Å². The van der Waals surface area contributed by atoms with E-state index in [0.717, 1.165) is 24.1 Å². The molecule has 0 unspecified atom stereocenters.